The largest absolute Gasteiger partial charge is 0.378 e. The highest BCUT2D eigenvalue weighted by molar-refractivity contribution is 7.09. The Hall–Kier alpha value is -0.450. The van der Waals surface area contributed by atoms with Crippen LogP contribution in [-0.4, -0.2) is 30.3 Å². The van der Waals surface area contributed by atoms with Crippen LogP contribution in [-0.2, 0) is 11.2 Å². The number of likely N-dealkylation sites (N-methyl/N-ethyl adjacent to an activating group) is 1. The van der Waals surface area contributed by atoms with Crippen LogP contribution in [0, 0.1) is 0 Å². The van der Waals surface area contributed by atoms with Crippen molar-refractivity contribution >= 4 is 11.3 Å². The first-order chi connectivity index (χ1) is 8.38. The molecule has 0 saturated carbocycles. The topological polar surface area (TPSA) is 34.1 Å². The summed E-state index contributed by atoms with van der Waals surface area (Å²) < 4.78 is 5.68. The number of rotatable bonds is 7. The van der Waals surface area contributed by atoms with Crippen molar-refractivity contribution in [2.45, 2.75) is 51.2 Å². The Balaban J connectivity index is 1.75. The van der Waals surface area contributed by atoms with Gasteiger partial charge in [-0.25, -0.2) is 4.98 Å². The third-order valence-electron chi connectivity index (χ3n) is 3.26. The number of ether oxygens (including phenoxy) is 1. The molecule has 17 heavy (non-hydrogen) atoms. The minimum atomic E-state index is 0.507. The van der Waals surface area contributed by atoms with Gasteiger partial charge < -0.3 is 10.1 Å². The van der Waals surface area contributed by atoms with Crippen LogP contribution in [0.3, 0.4) is 0 Å². The molecule has 2 rings (SSSR count). The van der Waals surface area contributed by atoms with E-state index in [4.69, 9.17) is 4.74 Å². The maximum Gasteiger partial charge on any atom is 0.0940 e. The lowest BCUT2D eigenvalue weighted by Crippen LogP contribution is -2.31. The SMILES string of the molecule is CCNC(CCC1CCCO1)Cc1nccs1. The van der Waals surface area contributed by atoms with Gasteiger partial charge in [-0.2, -0.15) is 0 Å². The van der Waals surface area contributed by atoms with Gasteiger partial charge in [-0.3, -0.25) is 0 Å². The normalized spacial score (nSPS) is 21.8. The molecule has 4 heteroatoms. The minimum Gasteiger partial charge on any atom is -0.378 e. The molecule has 1 aliphatic rings. The molecule has 0 aromatic carbocycles. The predicted molar refractivity (Wildman–Crippen MR) is 71.5 cm³/mol. The Morgan fingerprint density at radius 3 is 3.24 bits per heavy atom. The molecule has 96 valence electrons. The zero-order valence-corrected chi connectivity index (χ0v) is 11.3. The van der Waals surface area contributed by atoms with Gasteiger partial charge in [0.2, 0.25) is 0 Å². The number of hydrogen-bond acceptors (Lipinski definition) is 4. The van der Waals surface area contributed by atoms with Gasteiger partial charge >= 0.3 is 0 Å². The van der Waals surface area contributed by atoms with Crippen molar-refractivity contribution in [3.05, 3.63) is 16.6 Å². The second-order valence-electron chi connectivity index (χ2n) is 4.60. The summed E-state index contributed by atoms with van der Waals surface area (Å²) in [6.07, 6.45) is 8.31. The molecule has 1 fully saturated rings. The molecule has 1 aromatic heterocycles. The Morgan fingerprint density at radius 1 is 1.65 bits per heavy atom. The first kappa shape index (κ1) is 13.0. The van der Waals surface area contributed by atoms with Gasteiger partial charge in [0.05, 0.1) is 11.1 Å². The van der Waals surface area contributed by atoms with E-state index in [2.05, 4.69) is 22.6 Å². The van der Waals surface area contributed by atoms with Crippen molar-refractivity contribution in [3.63, 3.8) is 0 Å². The van der Waals surface area contributed by atoms with Crippen LogP contribution in [0.5, 0.6) is 0 Å². The van der Waals surface area contributed by atoms with Crippen LogP contribution in [0.25, 0.3) is 0 Å². The molecule has 0 radical (unpaired) electrons. The summed E-state index contributed by atoms with van der Waals surface area (Å²) in [6, 6.07) is 0.551. The lowest BCUT2D eigenvalue weighted by molar-refractivity contribution is 0.0996. The standard InChI is InChI=1S/C13H22N2OS/c1-2-14-11(10-13-15-7-9-17-13)5-6-12-4-3-8-16-12/h7,9,11-12,14H,2-6,8,10H2,1H3. The van der Waals surface area contributed by atoms with E-state index < -0.39 is 0 Å². The number of aromatic nitrogens is 1. The van der Waals surface area contributed by atoms with Crippen molar-refractivity contribution in [1.82, 2.24) is 10.3 Å². The quantitative estimate of drug-likeness (QED) is 0.812. The third-order valence-corrected chi connectivity index (χ3v) is 4.06. The van der Waals surface area contributed by atoms with Crippen LogP contribution in [0.15, 0.2) is 11.6 Å². The second kappa shape index (κ2) is 7.09. The molecular weight excluding hydrogens is 232 g/mol. The molecule has 1 aromatic rings. The summed E-state index contributed by atoms with van der Waals surface area (Å²) in [4.78, 5) is 4.37. The molecule has 2 heterocycles. The molecule has 2 unspecified atom stereocenters. The van der Waals surface area contributed by atoms with Gasteiger partial charge in [-0.1, -0.05) is 6.92 Å². The van der Waals surface area contributed by atoms with E-state index in [1.165, 1.54) is 30.7 Å². The molecule has 2 atom stereocenters. The Labute approximate surface area is 108 Å². The summed E-state index contributed by atoms with van der Waals surface area (Å²) in [5.74, 6) is 0. The van der Waals surface area contributed by atoms with E-state index in [0.29, 0.717) is 12.1 Å². The van der Waals surface area contributed by atoms with E-state index in [9.17, 15) is 0 Å². The third kappa shape index (κ3) is 4.37. The molecule has 3 nitrogen and oxygen atoms in total. The lowest BCUT2D eigenvalue weighted by Gasteiger charge is -2.18. The van der Waals surface area contributed by atoms with Crippen LogP contribution in [0.2, 0.25) is 0 Å². The Kier molecular flexibility index (Phi) is 5.42. The summed E-state index contributed by atoms with van der Waals surface area (Å²) >= 11 is 1.75. The maximum atomic E-state index is 5.68. The highest BCUT2D eigenvalue weighted by atomic mass is 32.1. The Bertz CT molecular complexity index is 296. The van der Waals surface area contributed by atoms with E-state index >= 15 is 0 Å². The predicted octanol–water partition coefficient (Wildman–Crippen LogP) is 2.62. The summed E-state index contributed by atoms with van der Waals surface area (Å²) in [6.45, 7) is 4.16. The number of thiazole rings is 1. The fourth-order valence-electron chi connectivity index (χ4n) is 2.39. The van der Waals surface area contributed by atoms with Gasteiger partial charge in [0.25, 0.3) is 0 Å². The minimum absolute atomic E-state index is 0.507. The second-order valence-corrected chi connectivity index (χ2v) is 5.58. The molecule has 1 N–H and O–H groups in total. The average molecular weight is 254 g/mol. The van der Waals surface area contributed by atoms with Gasteiger partial charge in [0.1, 0.15) is 0 Å². The van der Waals surface area contributed by atoms with Crippen LogP contribution >= 0.6 is 11.3 Å². The number of nitrogens with zero attached hydrogens (tertiary/aromatic N) is 1. The van der Waals surface area contributed by atoms with Gasteiger partial charge in [0.15, 0.2) is 0 Å². The van der Waals surface area contributed by atoms with Crippen molar-refractivity contribution in [3.8, 4) is 0 Å². The van der Waals surface area contributed by atoms with Crippen LogP contribution in [0.1, 0.15) is 37.6 Å². The summed E-state index contributed by atoms with van der Waals surface area (Å²) in [7, 11) is 0. The highest BCUT2D eigenvalue weighted by Crippen LogP contribution is 2.19. The van der Waals surface area contributed by atoms with E-state index in [0.717, 1.165) is 19.6 Å². The van der Waals surface area contributed by atoms with Gasteiger partial charge in [0, 0.05) is 30.6 Å². The Morgan fingerprint density at radius 2 is 2.59 bits per heavy atom. The zero-order chi connectivity index (χ0) is 11.9. The maximum absolute atomic E-state index is 5.68. The van der Waals surface area contributed by atoms with E-state index in [1.54, 1.807) is 11.3 Å². The smallest absolute Gasteiger partial charge is 0.0940 e. The first-order valence-corrected chi connectivity index (χ1v) is 7.49. The molecule has 0 spiro atoms. The zero-order valence-electron chi connectivity index (χ0n) is 10.5. The number of hydrogen-bond donors (Lipinski definition) is 1. The van der Waals surface area contributed by atoms with Crippen LogP contribution < -0.4 is 5.32 Å². The van der Waals surface area contributed by atoms with E-state index in [1.807, 2.05) is 6.20 Å². The number of nitrogens with one attached hydrogen (secondary N) is 1. The fraction of sp³-hybridized carbons (Fsp3) is 0.769. The van der Waals surface area contributed by atoms with Crippen molar-refractivity contribution < 1.29 is 4.74 Å². The fourth-order valence-corrected chi connectivity index (χ4v) is 3.09. The highest BCUT2D eigenvalue weighted by Gasteiger charge is 2.18. The average Bonchev–Trinajstić information content (AvgIpc) is 2.99. The molecule has 1 saturated heterocycles. The van der Waals surface area contributed by atoms with Crippen molar-refractivity contribution in [2.24, 2.45) is 0 Å². The van der Waals surface area contributed by atoms with Crippen LogP contribution in [0.4, 0.5) is 0 Å². The van der Waals surface area contributed by atoms with Crippen molar-refractivity contribution in [2.75, 3.05) is 13.2 Å². The summed E-state index contributed by atoms with van der Waals surface area (Å²) in [5.41, 5.74) is 0. The molecular formula is C13H22N2OS. The monoisotopic (exact) mass is 254 g/mol. The van der Waals surface area contributed by atoms with E-state index in [-0.39, 0.29) is 0 Å². The first-order valence-electron chi connectivity index (χ1n) is 6.62. The summed E-state index contributed by atoms with van der Waals surface area (Å²) in [5, 5.41) is 6.85. The van der Waals surface area contributed by atoms with Gasteiger partial charge in [-0.15, -0.1) is 11.3 Å². The molecule has 1 aliphatic heterocycles. The molecule has 0 aliphatic carbocycles. The van der Waals surface area contributed by atoms with Crippen molar-refractivity contribution in [1.29, 1.82) is 0 Å². The lowest BCUT2D eigenvalue weighted by atomic mass is 10.0. The van der Waals surface area contributed by atoms with Gasteiger partial charge in [-0.05, 0) is 32.2 Å². The molecule has 0 bridgehead atoms. The molecule has 0 amide bonds.